The molecule has 0 aliphatic heterocycles. The SMILES string of the molecule is COc1ncc(NC(=O)c2csc(-c3ccccc3)n2)cc1S(=O)(=O)Nc1cccc(C#N)n1. The Bertz CT molecular complexity index is 1500. The molecule has 0 aliphatic rings. The highest BCUT2D eigenvalue weighted by molar-refractivity contribution is 7.92. The third kappa shape index (κ3) is 5.01. The normalized spacial score (nSPS) is 10.8. The van der Waals surface area contributed by atoms with Gasteiger partial charge in [0, 0.05) is 10.9 Å². The maximum atomic E-state index is 13.0. The van der Waals surface area contributed by atoms with Crippen LogP contribution in [0.3, 0.4) is 0 Å². The number of nitrogens with zero attached hydrogens (tertiary/aromatic N) is 4. The molecular formula is C22H16N6O4S2. The Morgan fingerprint density at radius 1 is 1.12 bits per heavy atom. The fourth-order valence-corrected chi connectivity index (χ4v) is 4.83. The highest BCUT2D eigenvalue weighted by Crippen LogP contribution is 2.27. The summed E-state index contributed by atoms with van der Waals surface area (Å²) >= 11 is 1.32. The standard InChI is InChI=1S/C22H16N6O4S2/c1-32-21-18(34(30,31)28-19-9-5-8-15(11-23)25-19)10-16(12-24-21)26-20(29)17-13-33-22(27-17)14-6-3-2-4-7-14/h2-10,12-13H,1H3,(H,25,28)(H,26,29). The molecule has 0 fully saturated rings. The number of carbonyl (C=O) groups is 1. The molecule has 0 unspecified atom stereocenters. The number of nitriles is 1. The van der Waals surface area contributed by atoms with E-state index in [0.717, 1.165) is 5.56 Å². The number of anilines is 2. The molecule has 3 aromatic heterocycles. The summed E-state index contributed by atoms with van der Waals surface area (Å²) in [6, 6.07) is 16.8. The smallest absolute Gasteiger partial charge is 0.275 e. The molecule has 0 saturated heterocycles. The predicted molar refractivity (Wildman–Crippen MR) is 126 cm³/mol. The third-order valence-electron chi connectivity index (χ3n) is 4.42. The van der Waals surface area contributed by atoms with Crippen molar-refractivity contribution < 1.29 is 17.9 Å². The number of aromatic nitrogens is 3. The van der Waals surface area contributed by atoms with Gasteiger partial charge in [0.05, 0.1) is 19.0 Å². The first kappa shape index (κ1) is 22.8. The van der Waals surface area contributed by atoms with Gasteiger partial charge in [0.1, 0.15) is 28.3 Å². The lowest BCUT2D eigenvalue weighted by Gasteiger charge is -2.12. The Balaban J connectivity index is 1.58. The topological polar surface area (TPSA) is 147 Å². The molecule has 170 valence electrons. The number of nitrogens with one attached hydrogen (secondary N) is 2. The lowest BCUT2D eigenvalue weighted by molar-refractivity contribution is 0.102. The number of carbonyl (C=O) groups excluding carboxylic acids is 1. The zero-order valence-corrected chi connectivity index (χ0v) is 19.2. The van der Waals surface area contributed by atoms with Gasteiger partial charge in [0.15, 0.2) is 4.90 Å². The molecule has 4 aromatic rings. The lowest BCUT2D eigenvalue weighted by atomic mass is 10.2. The number of thiazole rings is 1. The minimum Gasteiger partial charge on any atom is -0.480 e. The van der Waals surface area contributed by atoms with Gasteiger partial charge >= 0.3 is 0 Å². The van der Waals surface area contributed by atoms with E-state index in [2.05, 4.69) is 25.0 Å². The second-order valence-electron chi connectivity index (χ2n) is 6.71. The van der Waals surface area contributed by atoms with Crippen molar-refractivity contribution in [1.82, 2.24) is 15.0 Å². The first-order valence-corrected chi connectivity index (χ1v) is 12.0. The summed E-state index contributed by atoms with van der Waals surface area (Å²) in [4.78, 5) is 24.6. The van der Waals surface area contributed by atoms with Crippen molar-refractivity contribution in [3.63, 3.8) is 0 Å². The molecular weight excluding hydrogens is 476 g/mol. The predicted octanol–water partition coefficient (Wildman–Crippen LogP) is 3.53. The fourth-order valence-electron chi connectivity index (χ4n) is 2.88. The molecule has 1 amide bonds. The maximum absolute atomic E-state index is 13.0. The Hall–Kier alpha value is -4.34. The minimum absolute atomic E-state index is 0.0458. The molecule has 0 saturated carbocycles. The largest absolute Gasteiger partial charge is 0.480 e. The second kappa shape index (κ2) is 9.65. The summed E-state index contributed by atoms with van der Waals surface area (Å²) in [5.41, 5.74) is 1.23. The van der Waals surface area contributed by atoms with Crippen molar-refractivity contribution in [2.45, 2.75) is 4.90 Å². The van der Waals surface area contributed by atoms with Gasteiger partial charge in [-0.3, -0.25) is 9.52 Å². The number of hydrogen-bond acceptors (Lipinski definition) is 9. The van der Waals surface area contributed by atoms with Crippen LogP contribution in [0.5, 0.6) is 5.88 Å². The number of rotatable bonds is 7. The van der Waals surface area contributed by atoms with Gasteiger partial charge in [0.25, 0.3) is 15.9 Å². The molecule has 0 atom stereocenters. The summed E-state index contributed by atoms with van der Waals surface area (Å²) in [6.45, 7) is 0. The van der Waals surface area contributed by atoms with Gasteiger partial charge in [-0.05, 0) is 18.2 Å². The highest BCUT2D eigenvalue weighted by atomic mass is 32.2. The molecule has 34 heavy (non-hydrogen) atoms. The molecule has 2 N–H and O–H groups in total. The number of amides is 1. The number of pyridine rings is 2. The van der Waals surface area contributed by atoms with Crippen molar-refractivity contribution in [2.75, 3.05) is 17.1 Å². The molecule has 0 bridgehead atoms. The van der Waals surface area contributed by atoms with Crippen LogP contribution >= 0.6 is 11.3 Å². The van der Waals surface area contributed by atoms with Crippen molar-refractivity contribution in [3.05, 3.63) is 77.6 Å². The van der Waals surface area contributed by atoms with E-state index >= 15 is 0 Å². The van der Waals surface area contributed by atoms with Crippen molar-refractivity contribution >= 4 is 38.8 Å². The third-order valence-corrected chi connectivity index (χ3v) is 6.66. The van der Waals surface area contributed by atoms with Crippen LogP contribution < -0.4 is 14.8 Å². The van der Waals surface area contributed by atoms with Gasteiger partial charge in [-0.25, -0.2) is 23.4 Å². The van der Waals surface area contributed by atoms with Gasteiger partial charge in [-0.1, -0.05) is 36.4 Å². The van der Waals surface area contributed by atoms with Crippen LogP contribution in [0.15, 0.2) is 71.1 Å². The van der Waals surface area contributed by atoms with E-state index in [4.69, 9.17) is 10.00 Å². The summed E-state index contributed by atoms with van der Waals surface area (Å²) in [5, 5.41) is 13.9. The summed E-state index contributed by atoms with van der Waals surface area (Å²) < 4.78 is 33.3. The maximum Gasteiger partial charge on any atom is 0.275 e. The Morgan fingerprint density at radius 3 is 2.65 bits per heavy atom. The van der Waals surface area contributed by atoms with E-state index in [1.807, 2.05) is 36.4 Å². The van der Waals surface area contributed by atoms with Crippen LogP contribution in [-0.4, -0.2) is 36.4 Å². The van der Waals surface area contributed by atoms with E-state index in [0.29, 0.717) is 5.01 Å². The first-order chi connectivity index (χ1) is 16.4. The van der Waals surface area contributed by atoms with Crippen LogP contribution in [0.2, 0.25) is 0 Å². The van der Waals surface area contributed by atoms with Gasteiger partial charge < -0.3 is 10.1 Å². The van der Waals surface area contributed by atoms with Crippen LogP contribution in [0.4, 0.5) is 11.5 Å². The fraction of sp³-hybridized carbons (Fsp3) is 0.0455. The zero-order valence-electron chi connectivity index (χ0n) is 17.6. The van der Waals surface area contributed by atoms with E-state index in [9.17, 15) is 13.2 Å². The highest BCUT2D eigenvalue weighted by Gasteiger charge is 2.23. The van der Waals surface area contributed by atoms with E-state index in [-0.39, 0.29) is 33.7 Å². The Kier molecular flexibility index (Phi) is 6.48. The molecule has 12 heteroatoms. The van der Waals surface area contributed by atoms with Crippen molar-refractivity contribution in [1.29, 1.82) is 5.26 Å². The zero-order chi connectivity index (χ0) is 24.1. The van der Waals surface area contributed by atoms with Crippen LogP contribution in [0.1, 0.15) is 16.2 Å². The van der Waals surface area contributed by atoms with E-state index < -0.39 is 15.9 Å². The number of benzene rings is 1. The second-order valence-corrected chi connectivity index (χ2v) is 9.22. The molecule has 0 radical (unpaired) electrons. The molecule has 10 nitrogen and oxygen atoms in total. The Labute approximate surface area is 199 Å². The van der Waals surface area contributed by atoms with Gasteiger partial charge in [0.2, 0.25) is 5.88 Å². The molecule has 0 spiro atoms. The quantitative estimate of drug-likeness (QED) is 0.398. The van der Waals surface area contributed by atoms with E-state index in [1.54, 1.807) is 5.38 Å². The average Bonchev–Trinajstić information content (AvgIpc) is 3.35. The van der Waals surface area contributed by atoms with Crippen molar-refractivity contribution in [3.8, 4) is 22.5 Å². The van der Waals surface area contributed by atoms with Crippen LogP contribution in [-0.2, 0) is 10.0 Å². The van der Waals surface area contributed by atoms with Gasteiger partial charge in [-0.2, -0.15) is 5.26 Å². The summed E-state index contributed by atoms with van der Waals surface area (Å²) in [6.07, 6.45) is 1.27. The monoisotopic (exact) mass is 492 g/mol. The van der Waals surface area contributed by atoms with Crippen LogP contribution in [0.25, 0.3) is 10.6 Å². The van der Waals surface area contributed by atoms with E-state index in [1.165, 1.54) is 48.9 Å². The molecule has 0 aliphatic carbocycles. The number of sulfonamides is 1. The van der Waals surface area contributed by atoms with Gasteiger partial charge in [-0.15, -0.1) is 11.3 Å². The minimum atomic E-state index is -4.21. The van der Waals surface area contributed by atoms with Crippen LogP contribution in [0, 0.1) is 11.3 Å². The number of ether oxygens (including phenoxy) is 1. The van der Waals surface area contributed by atoms with Crippen molar-refractivity contribution in [2.24, 2.45) is 0 Å². The lowest BCUT2D eigenvalue weighted by Crippen LogP contribution is -2.17. The molecule has 3 heterocycles. The number of hydrogen-bond donors (Lipinski definition) is 2. The molecule has 1 aromatic carbocycles. The number of methoxy groups -OCH3 is 1. The average molecular weight is 493 g/mol. The Morgan fingerprint density at radius 2 is 1.91 bits per heavy atom. The molecule has 4 rings (SSSR count). The first-order valence-electron chi connectivity index (χ1n) is 9.66. The summed E-state index contributed by atoms with van der Waals surface area (Å²) in [7, 11) is -2.94. The summed E-state index contributed by atoms with van der Waals surface area (Å²) in [5.74, 6) is -0.751.